The number of rotatable bonds is 3. The Morgan fingerprint density at radius 2 is 2.17 bits per heavy atom. The van der Waals surface area contributed by atoms with Gasteiger partial charge in [-0.05, 0) is 44.1 Å². The van der Waals surface area contributed by atoms with Crippen LogP contribution in [0.2, 0.25) is 0 Å². The smallest absolute Gasteiger partial charge is 0.0488 e. The molecule has 0 amide bonds. The van der Waals surface area contributed by atoms with Crippen LogP contribution in [0.5, 0.6) is 0 Å². The van der Waals surface area contributed by atoms with E-state index in [4.69, 9.17) is 5.73 Å². The maximum atomic E-state index is 6.01. The molecule has 1 aromatic rings. The van der Waals surface area contributed by atoms with Crippen LogP contribution < -0.4 is 5.73 Å². The molecule has 4 heteroatoms. The summed E-state index contributed by atoms with van der Waals surface area (Å²) in [6.07, 6.45) is 5.04. The van der Waals surface area contributed by atoms with E-state index in [2.05, 4.69) is 34.8 Å². The summed E-state index contributed by atoms with van der Waals surface area (Å²) >= 11 is 0. The summed E-state index contributed by atoms with van der Waals surface area (Å²) in [7, 11) is 2.19. The van der Waals surface area contributed by atoms with Gasteiger partial charge in [0.05, 0.1) is 0 Å². The predicted octanol–water partition coefficient (Wildman–Crippen LogP) is 1.03. The van der Waals surface area contributed by atoms with E-state index >= 15 is 0 Å². The van der Waals surface area contributed by atoms with Gasteiger partial charge in [0.15, 0.2) is 0 Å². The van der Waals surface area contributed by atoms with E-state index in [0.717, 1.165) is 19.6 Å². The lowest BCUT2D eigenvalue weighted by Crippen LogP contribution is -2.36. The Kier molecular flexibility index (Phi) is 4.69. The van der Waals surface area contributed by atoms with Crippen LogP contribution >= 0.6 is 0 Å². The van der Waals surface area contributed by atoms with Crippen molar-refractivity contribution < 1.29 is 0 Å². The second-order valence-corrected chi connectivity index (χ2v) is 5.18. The summed E-state index contributed by atoms with van der Waals surface area (Å²) in [5, 5.41) is 0. The van der Waals surface area contributed by atoms with Crippen molar-refractivity contribution in [2.75, 3.05) is 39.8 Å². The summed E-state index contributed by atoms with van der Waals surface area (Å²) < 4.78 is 0. The van der Waals surface area contributed by atoms with Crippen molar-refractivity contribution in [1.29, 1.82) is 0 Å². The van der Waals surface area contributed by atoms with Crippen LogP contribution in [0.15, 0.2) is 18.5 Å². The summed E-state index contributed by atoms with van der Waals surface area (Å²) in [6, 6.07) is 2.38. The molecule has 0 spiro atoms. The molecule has 2 heterocycles. The molecule has 1 saturated heterocycles. The first-order chi connectivity index (χ1) is 8.72. The summed E-state index contributed by atoms with van der Waals surface area (Å²) in [5.41, 5.74) is 8.58. The number of aromatic nitrogens is 1. The van der Waals surface area contributed by atoms with Gasteiger partial charge < -0.3 is 10.6 Å². The maximum Gasteiger partial charge on any atom is 0.0488 e. The lowest BCUT2D eigenvalue weighted by atomic mass is 10.0. The van der Waals surface area contributed by atoms with Gasteiger partial charge in [0, 0.05) is 44.6 Å². The molecule has 2 N–H and O–H groups in total. The molecule has 100 valence electrons. The summed E-state index contributed by atoms with van der Waals surface area (Å²) in [5.74, 6) is 0. The third kappa shape index (κ3) is 3.07. The molecule has 2 rings (SSSR count). The fraction of sp³-hybridized carbons (Fsp3) is 0.643. The van der Waals surface area contributed by atoms with Crippen LogP contribution in [-0.4, -0.2) is 54.6 Å². The zero-order valence-corrected chi connectivity index (χ0v) is 11.5. The predicted molar refractivity (Wildman–Crippen MR) is 74.5 cm³/mol. The molecule has 18 heavy (non-hydrogen) atoms. The van der Waals surface area contributed by atoms with Gasteiger partial charge in [0.2, 0.25) is 0 Å². The molecule has 0 bridgehead atoms. The van der Waals surface area contributed by atoms with E-state index in [9.17, 15) is 0 Å². The Bertz CT molecular complexity index is 380. The standard InChI is InChI=1S/C14H24N4/c1-12-4-5-16-11-13(12)14(10-15)18-7-3-6-17(2)8-9-18/h4-5,11,14H,3,6-10,15H2,1-2H3. The van der Waals surface area contributed by atoms with Crippen molar-refractivity contribution in [2.24, 2.45) is 5.73 Å². The second kappa shape index (κ2) is 6.27. The quantitative estimate of drug-likeness (QED) is 0.868. The normalized spacial score (nSPS) is 20.6. The number of hydrogen-bond acceptors (Lipinski definition) is 4. The number of likely N-dealkylation sites (N-methyl/N-ethyl adjacent to an activating group) is 1. The fourth-order valence-corrected chi connectivity index (χ4v) is 2.68. The van der Waals surface area contributed by atoms with E-state index in [0.29, 0.717) is 12.6 Å². The van der Waals surface area contributed by atoms with Gasteiger partial charge in [-0.25, -0.2) is 0 Å². The van der Waals surface area contributed by atoms with Gasteiger partial charge in [-0.1, -0.05) is 0 Å². The minimum absolute atomic E-state index is 0.310. The maximum absolute atomic E-state index is 6.01. The average molecular weight is 248 g/mol. The number of pyridine rings is 1. The zero-order chi connectivity index (χ0) is 13.0. The molecule has 1 atom stereocenters. The fourth-order valence-electron chi connectivity index (χ4n) is 2.68. The van der Waals surface area contributed by atoms with Crippen LogP contribution in [0.1, 0.15) is 23.6 Å². The van der Waals surface area contributed by atoms with Gasteiger partial charge >= 0.3 is 0 Å². The minimum Gasteiger partial charge on any atom is -0.329 e. The van der Waals surface area contributed by atoms with Gasteiger partial charge in [-0.15, -0.1) is 0 Å². The monoisotopic (exact) mass is 248 g/mol. The van der Waals surface area contributed by atoms with Crippen molar-refractivity contribution >= 4 is 0 Å². The first-order valence-corrected chi connectivity index (χ1v) is 6.75. The highest BCUT2D eigenvalue weighted by molar-refractivity contribution is 5.25. The van der Waals surface area contributed by atoms with Crippen LogP contribution in [-0.2, 0) is 0 Å². The SMILES string of the molecule is Cc1ccncc1C(CN)N1CCCN(C)CC1. The second-order valence-electron chi connectivity index (χ2n) is 5.18. The molecule has 4 nitrogen and oxygen atoms in total. The highest BCUT2D eigenvalue weighted by atomic mass is 15.2. The minimum atomic E-state index is 0.310. The third-order valence-corrected chi connectivity index (χ3v) is 3.86. The van der Waals surface area contributed by atoms with Crippen molar-refractivity contribution in [3.05, 3.63) is 29.6 Å². The molecule has 1 unspecified atom stereocenters. The molecule has 1 fully saturated rings. The van der Waals surface area contributed by atoms with E-state index in [1.807, 2.05) is 12.4 Å². The Labute approximate surface area is 110 Å². The molecule has 0 saturated carbocycles. The molecule has 1 aromatic heterocycles. The Morgan fingerprint density at radius 1 is 1.33 bits per heavy atom. The molecule has 0 aromatic carbocycles. The average Bonchev–Trinajstić information content (AvgIpc) is 2.58. The van der Waals surface area contributed by atoms with Crippen molar-refractivity contribution in [3.63, 3.8) is 0 Å². The van der Waals surface area contributed by atoms with Crippen molar-refractivity contribution in [2.45, 2.75) is 19.4 Å². The van der Waals surface area contributed by atoms with Gasteiger partial charge in [-0.3, -0.25) is 9.88 Å². The lowest BCUT2D eigenvalue weighted by molar-refractivity contribution is 0.207. The molecule has 1 aliphatic rings. The Balaban J connectivity index is 2.15. The number of nitrogens with zero attached hydrogens (tertiary/aromatic N) is 3. The summed E-state index contributed by atoms with van der Waals surface area (Å²) in [4.78, 5) is 9.15. The lowest BCUT2D eigenvalue weighted by Gasteiger charge is -2.30. The molecular weight excluding hydrogens is 224 g/mol. The number of nitrogens with two attached hydrogens (primary N) is 1. The van der Waals surface area contributed by atoms with E-state index in [-0.39, 0.29) is 0 Å². The van der Waals surface area contributed by atoms with E-state index in [1.165, 1.54) is 24.1 Å². The van der Waals surface area contributed by atoms with Crippen molar-refractivity contribution in [3.8, 4) is 0 Å². The number of hydrogen-bond donors (Lipinski definition) is 1. The Hall–Kier alpha value is -0.970. The zero-order valence-electron chi connectivity index (χ0n) is 11.5. The van der Waals surface area contributed by atoms with Crippen LogP contribution in [0.4, 0.5) is 0 Å². The van der Waals surface area contributed by atoms with Crippen molar-refractivity contribution in [1.82, 2.24) is 14.8 Å². The van der Waals surface area contributed by atoms with Crippen LogP contribution in [0.25, 0.3) is 0 Å². The third-order valence-electron chi connectivity index (χ3n) is 3.86. The summed E-state index contributed by atoms with van der Waals surface area (Å²) in [6.45, 7) is 7.32. The molecular formula is C14H24N4. The molecule has 0 aliphatic carbocycles. The first-order valence-electron chi connectivity index (χ1n) is 6.75. The van der Waals surface area contributed by atoms with E-state index in [1.54, 1.807) is 0 Å². The molecule has 0 radical (unpaired) electrons. The highest BCUT2D eigenvalue weighted by Crippen LogP contribution is 2.23. The largest absolute Gasteiger partial charge is 0.329 e. The van der Waals surface area contributed by atoms with E-state index < -0.39 is 0 Å². The molecule has 1 aliphatic heterocycles. The van der Waals surface area contributed by atoms with Gasteiger partial charge in [-0.2, -0.15) is 0 Å². The van der Waals surface area contributed by atoms with Crippen LogP contribution in [0.3, 0.4) is 0 Å². The topological polar surface area (TPSA) is 45.4 Å². The number of aryl methyl sites for hydroxylation is 1. The Morgan fingerprint density at radius 3 is 2.89 bits per heavy atom. The first kappa shape index (κ1) is 13.5. The van der Waals surface area contributed by atoms with Crippen LogP contribution in [0, 0.1) is 6.92 Å². The van der Waals surface area contributed by atoms with Gasteiger partial charge in [0.1, 0.15) is 0 Å². The highest BCUT2D eigenvalue weighted by Gasteiger charge is 2.22. The van der Waals surface area contributed by atoms with Gasteiger partial charge in [0.25, 0.3) is 0 Å².